The first-order chi connectivity index (χ1) is 8.56. The summed E-state index contributed by atoms with van der Waals surface area (Å²) in [5.41, 5.74) is 1.02. The highest BCUT2D eigenvalue weighted by molar-refractivity contribution is 9.09. The second-order valence-electron chi connectivity index (χ2n) is 5.03. The van der Waals surface area contributed by atoms with Crippen molar-refractivity contribution in [2.75, 3.05) is 13.1 Å². The summed E-state index contributed by atoms with van der Waals surface area (Å²) in [7, 11) is 0. The summed E-state index contributed by atoms with van der Waals surface area (Å²) in [6.45, 7) is 5.22. The number of halogens is 3. The minimum Gasteiger partial charge on any atom is -0.299 e. The number of hydrogen-bond donors (Lipinski definition) is 0. The number of nitrogens with zero attached hydrogens (tertiary/aromatic N) is 1. The molecule has 18 heavy (non-hydrogen) atoms. The number of benzene rings is 1. The molecule has 1 aromatic carbocycles. The zero-order chi connectivity index (χ0) is 13.1. The number of alkyl halides is 1. The largest absolute Gasteiger partial charge is 0.299 e. The van der Waals surface area contributed by atoms with Gasteiger partial charge in [0.25, 0.3) is 0 Å². The van der Waals surface area contributed by atoms with Crippen molar-refractivity contribution in [3.8, 4) is 0 Å². The maximum Gasteiger partial charge on any atom is 0.124 e. The normalized spacial score (nSPS) is 20.0. The van der Waals surface area contributed by atoms with Crippen molar-refractivity contribution < 1.29 is 4.39 Å². The first-order valence-corrected chi connectivity index (χ1v) is 7.66. The summed E-state index contributed by atoms with van der Waals surface area (Å²) in [5.74, 6) is 0.500. The van der Waals surface area contributed by atoms with Gasteiger partial charge in [-0.2, -0.15) is 0 Å². The van der Waals surface area contributed by atoms with Gasteiger partial charge in [-0.05, 0) is 49.5 Å². The van der Waals surface area contributed by atoms with E-state index in [-0.39, 0.29) is 5.82 Å². The molecular formula is C14H18BrClFN. The third-order valence-electron chi connectivity index (χ3n) is 3.69. The average molecular weight is 335 g/mol. The van der Waals surface area contributed by atoms with E-state index in [9.17, 15) is 4.39 Å². The second-order valence-corrected chi connectivity index (χ2v) is 6.88. The molecule has 0 N–H and O–H groups in total. The van der Waals surface area contributed by atoms with E-state index in [0.29, 0.717) is 9.85 Å². The van der Waals surface area contributed by atoms with E-state index in [1.165, 1.54) is 25.0 Å². The molecule has 0 amide bonds. The van der Waals surface area contributed by atoms with Gasteiger partial charge in [0.05, 0.1) is 0 Å². The Bertz CT molecular complexity index is 403. The van der Waals surface area contributed by atoms with E-state index >= 15 is 0 Å². The predicted octanol–water partition coefficient (Wildman–Crippen LogP) is 4.47. The molecule has 1 aliphatic rings. The molecule has 0 spiro atoms. The van der Waals surface area contributed by atoms with E-state index in [1.807, 2.05) is 0 Å². The van der Waals surface area contributed by atoms with Crippen LogP contribution in [0.1, 0.15) is 25.3 Å². The van der Waals surface area contributed by atoms with Gasteiger partial charge in [-0.1, -0.05) is 40.5 Å². The minimum atomic E-state index is -0.268. The third kappa shape index (κ3) is 3.69. The van der Waals surface area contributed by atoms with Crippen molar-refractivity contribution in [1.29, 1.82) is 0 Å². The Morgan fingerprint density at radius 3 is 2.67 bits per heavy atom. The Morgan fingerprint density at radius 2 is 2.11 bits per heavy atom. The standard InChI is InChI=1S/C14H18BrClFN/c1-10(15)11-4-6-18(7-5-11)9-12-2-3-13(17)8-14(12)16/h2-3,8,10-11H,4-7,9H2,1H3. The van der Waals surface area contributed by atoms with E-state index in [0.717, 1.165) is 31.1 Å². The fraction of sp³-hybridized carbons (Fsp3) is 0.571. The Hall–Kier alpha value is -0.120. The quantitative estimate of drug-likeness (QED) is 0.737. The first-order valence-electron chi connectivity index (χ1n) is 6.36. The molecule has 0 saturated carbocycles. The van der Waals surface area contributed by atoms with Gasteiger partial charge >= 0.3 is 0 Å². The summed E-state index contributed by atoms with van der Waals surface area (Å²) in [6, 6.07) is 4.66. The molecule has 2 rings (SSSR count). The highest BCUT2D eigenvalue weighted by Gasteiger charge is 2.22. The Morgan fingerprint density at radius 1 is 1.44 bits per heavy atom. The zero-order valence-electron chi connectivity index (χ0n) is 10.5. The average Bonchev–Trinajstić information content (AvgIpc) is 2.33. The molecule has 100 valence electrons. The number of rotatable bonds is 3. The van der Waals surface area contributed by atoms with Gasteiger partial charge in [-0.3, -0.25) is 4.90 Å². The minimum absolute atomic E-state index is 0.268. The summed E-state index contributed by atoms with van der Waals surface area (Å²) < 4.78 is 13.0. The van der Waals surface area contributed by atoms with Gasteiger partial charge in [-0.15, -0.1) is 0 Å². The smallest absolute Gasteiger partial charge is 0.124 e. The fourth-order valence-electron chi connectivity index (χ4n) is 2.46. The van der Waals surface area contributed by atoms with Crippen molar-refractivity contribution in [2.24, 2.45) is 5.92 Å². The number of hydrogen-bond acceptors (Lipinski definition) is 1. The monoisotopic (exact) mass is 333 g/mol. The topological polar surface area (TPSA) is 3.24 Å². The van der Waals surface area contributed by atoms with Gasteiger partial charge in [-0.25, -0.2) is 4.39 Å². The molecule has 1 unspecified atom stereocenters. The molecule has 4 heteroatoms. The lowest BCUT2D eigenvalue weighted by molar-refractivity contribution is 0.178. The third-order valence-corrected chi connectivity index (χ3v) is 4.79. The molecule has 1 atom stereocenters. The van der Waals surface area contributed by atoms with E-state index in [2.05, 4.69) is 27.8 Å². The van der Waals surface area contributed by atoms with Crippen LogP contribution in [0.2, 0.25) is 5.02 Å². The first kappa shape index (κ1) is 14.3. The molecule has 1 fully saturated rings. The van der Waals surface area contributed by atoms with Crippen LogP contribution in [0, 0.1) is 11.7 Å². The van der Waals surface area contributed by atoms with E-state index < -0.39 is 0 Å². The van der Waals surface area contributed by atoms with Crippen molar-refractivity contribution >= 4 is 27.5 Å². The van der Waals surface area contributed by atoms with Crippen LogP contribution in [0.3, 0.4) is 0 Å². The lowest BCUT2D eigenvalue weighted by atomic mass is 9.94. The summed E-state index contributed by atoms with van der Waals surface area (Å²) in [4.78, 5) is 2.99. The highest BCUT2D eigenvalue weighted by atomic mass is 79.9. The van der Waals surface area contributed by atoms with Crippen LogP contribution in [0.5, 0.6) is 0 Å². The molecule has 0 aliphatic carbocycles. The molecule has 1 aliphatic heterocycles. The summed E-state index contributed by atoms with van der Waals surface area (Å²) in [6.07, 6.45) is 2.43. The summed E-state index contributed by atoms with van der Waals surface area (Å²) in [5, 5.41) is 0.533. The molecule has 0 radical (unpaired) electrons. The number of piperidine rings is 1. The van der Waals surface area contributed by atoms with Gasteiger partial charge in [0.2, 0.25) is 0 Å². The molecule has 1 aromatic rings. The van der Waals surface area contributed by atoms with Crippen LogP contribution in [-0.2, 0) is 6.54 Å². The Balaban J connectivity index is 1.91. The summed E-state index contributed by atoms with van der Waals surface area (Å²) >= 11 is 9.71. The van der Waals surface area contributed by atoms with Crippen LogP contribution in [0.4, 0.5) is 4.39 Å². The predicted molar refractivity (Wildman–Crippen MR) is 77.8 cm³/mol. The van der Waals surface area contributed by atoms with E-state index in [4.69, 9.17) is 11.6 Å². The maximum atomic E-state index is 13.0. The van der Waals surface area contributed by atoms with Crippen LogP contribution in [-0.4, -0.2) is 22.8 Å². The molecular weight excluding hydrogens is 317 g/mol. The fourth-order valence-corrected chi connectivity index (χ4v) is 3.22. The van der Waals surface area contributed by atoms with Gasteiger partial charge in [0.15, 0.2) is 0 Å². The lowest BCUT2D eigenvalue weighted by Gasteiger charge is -2.33. The van der Waals surface area contributed by atoms with Crippen molar-refractivity contribution in [3.05, 3.63) is 34.6 Å². The van der Waals surface area contributed by atoms with E-state index in [1.54, 1.807) is 6.07 Å². The van der Waals surface area contributed by atoms with Crippen LogP contribution < -0.4 is 0 Å². The maximum absolute atomic E-state index is 13.0. The van der Waals surface area contributed by atoms with Crippen LogP contribution in [0.25, 0.3) is 0 Å². The van der Waals surface area contributed by atoms with Crippen LogP contribution in [0.15, 0.2) is 18.2 Å². The van der Waals surface area contributed by atoms with Crippen LogP contribution >= 0.6 is 27.5 Å². The van der Waals surface area contributed by atoms with Gasteiger partial charge in [0, 0.05) is 16.4 Å². The highest BCUT2D eigenvalue weighted by Crippen LogP contribution is 2.27. The zero-order valence-corrected chi connectivity index (χ0v) is 12.8. The van der Waals surface area contributed by atoms with Gasteiger partial charge in [0.1, 0.15) is 5.82 Å². The molecule has 1 nitrogen and oxygen atoms in total. The Kier molecular flexibility index (Phi) is 5.05. The number of likely N-dealkylation sites (tertiary alicyclic amines) is 1. The Labute approximate surface area is 121 Å². The second kappa shape index (κ2) is 6.36. The van der Waals surface area contributed by atoms with Crippen molar-refractivity contribution in [2.45, 2.75) is 31.1 Å². The molecule has 1 saturated heterocycles. The molecule has 0 bridgehead atoms. The van der Waals surface area contributed by atoms with Crippen molar-refractivity contribution in [1.82, 2.24) is 4.90 Å². The lowest BCUT2D eigenvalue weighted by Crippen LogP contribution is -2.35. The molecule has 0 aromatic heterocycles. The van der Waals surface area contributed by atoms with Gasteiger partial charge < -0.3 is 0 Å². The SMILES string of the molecule is CC(Br)C1CCN(Cc2ccc(F)cc2Cl)CC1. The molecule has 1 heterocycles. The van der Waals surface area contributed by atoms with Crippen molar-refractivity contribution in [3.63, 3.8) is 0 Å².